The minimum absolute atomic E-state index is 0.458. The fraction of sp³-hybridized carbons (Fsp3) is 0.625. The molecule has 0 fully saturated rings. The van der Waals surface area contributed by atoms with E-state index in [0.29, 0.717) is 6.04 Å². The van der Waals surface area contributed by atoms with Gasteiger partial charge in [-0.15, -0.1) is 0 Å². The van der Waals surface area contributed by atoms with E-state index in [1.165, 1.54) is 24.8 Å². The fourth-order valence-electron chi connectivity index (χ4n) is 2.08. The summed E-state index contributed by atoms with van der Waals surface area (Å²) in [5.74, 6) is 0.994. The molecular weight excluding hydrogens is 222 g/mol. The molecule has 1 rings (SSSR count). The highest BCUT2D eigenvalue weighted by molar-refractivity contribution is 5.30. The summed E-state index contributed by atoms with van der Waals surface area (Å²) in [6.45, 7) is 8.34. The van der Waals surface area contributed by atoms with Crippen molar-refractivity contribution in [2.45, 2.75) is 52.5 Å². The van der Waals surface area contributed by atoms with Gasteiger partial charge >= 0.3 is 0 Å². The largest absolute Gasteiger partial charge is 0.494 e. The Morgan fingerprint density at radius 1 is 1.17 bits per heavy atom. The molecule has 0 aliphatic carbocycles. The molecule has 18 heavy (non-hydrogen) atoms. The predicted octanol–water partition coefficient (Wildman–Crippen LogP) is 4.32. The third kappa shape index (κ3) is 5.09. The summed E-state index contributed by atoms with van der Waals surface area (Å²) in [6.07, 6.45) is 4.75. The molecule has 1 aromatic rings. The van der Waals surface area contributed by atoms with Crippen LogP contribution in [0.25, 0.3) is 0 Å². The number of ether oxygens (including phenoxy) is 1. The van der Waals surface area contributed by atoms with Gasteiger partial charge in [0, 0.05) is 6.04 Å². The third-order valence-electron chi connectivity index (χ3n) is 3.03. The van der Waals surface area contributed by atoms with Gasteiger partial charge in [0.1, 0.15) is 5.75 Å². The average Bonchev–Trinajstić information content (AvgIpc) is 2.41. The van der Waals surface area contributed by atoms with Gasteiger partial charge in [-0.3, -0.25) is 0 Å². The van der Waals surface area contributed by atoms with Crippen molar-refractivity contribution in [1.82, 2.24) is 5.32 Å². The first-order valence-electron chi connectivity index (χ1n) is 7.27. The van der Waals surface area contributed by atoms with Crippen LogP contribution in [-0.2, 0) is 0 Å². The second kappa shape index (κ2) is 8.98. The number of unbranched alkanes of at least 4 members (excludes halogenated alkanes) is 1. The maximum Gasteiger partial charge on any atom is 0.119 e. The lowest BCUT2D eigenvalue weighted by molar-refractivity contribution is 0.316. The molecule has 0 saturated carbocycles. The molecule has 2 nitrogen and oxygen atoms in total. The normalized spacial score (nSPS) is 12.4. The van der Waals surface area contributed by atoms with Crippen molar-refractivity contribution in [3.8, 4) is 5.75 Å². The van der Waals surface area contributed by atoms with E-state index in [9.17, 15) is 0 Å². The van der Waals surface area contributed by atoms with E-state index < -0.39 is 0 Å². The zero-order chi connectivity index (χ0) is 13.2. The summed E-state index contributed by atoms with van der Waals surface area (Å²) in [4.78, 5) is 0. The second-order valence-electron chi connectivity index (χ2n) is 4.67. The third-order valence-corrected chi connectivity index (χ3v) is 3.03. The molecule has 1 atom stereocenters. The van der Waals surface area contributed by atoms with Gasteiger partial charge < -0.3 is 10.1 Å². The number of hydrogen-bond donors (Lipinski definition) is 1. The van der Waals surface area contributed by atoms with Crippen molar-refractivity contribution < 1.29 is 4.74 Å². The molecule has 1 N–H and O–H groups in total. The monoisotopic (exact) mass is 249 g/mol. The van der Waals surface area contributed by atoms with Crippen LogP contribution in [0.1, 0.15) is 58.1 Å². The Morgan fingerprint density at radius 3 is 2.67 bits per heavy atom. The topological polar surface area (TPSA) is 21.3 Å². The SMILES string of the molecule is CCCCC(NCC)c1cccc(OCCC)c1. The zero-order valence-electron chi connectivity index (χ0n) is 12.0. The lowest BCUT2D eigenvalue weighted by Crippen LogP contribution is -2.20. The Bertz CT molecular complexity index is 325. The van der Waals surface area contributed by atoms with E-state index in [2.05, 4.69) is 44.3 Å². The van der Waals surface area contributed by atoms with E-state index in [4.69, 9.17) is 4.74 Å². The minimum atomic E-state index is 0.458. The molecule has 1 aromatic carbocycles. The Labute approximate surface area is 112 Å². The predicted molar refractivity (Wildman–Crippen MR) is 78.2 cm³/mol. The van der Waals surface area contributed by atoms with Crippen molar-refractivity contribution in [3.05, 3.63) is 29.8 Å². The Hall–Kier alpha value is -1.02. The van der Waals surface area contributed by atoms with Crippen LogP contribution < -0.4 is 10.1 Å². The lowest BCUT2D eigenvalue weighted by Gasteiger charge is -2.19. The first kappa shape index (κ1) is 15.0. The molecule has 0 bridgehead atoms. The highest BCUT2D eigenvalue weighted by Gasteiger charge is 2.10. The molecular formula is C16H27NO. The number of benzene rings is 1. The van der Waals surface area contributed by atoms with Crippen LogP contribution in [0, 0.1) is 0 Å². The maximum absolute atomic E-state index is 5.70. The first-order valence-corrected chi connectivity index (χ1v) is 7.27. The van der Waals surface area contributed by atoms with E-state index >= 15 is 0 Å². The van der Waals surface area contributed by atoms with Gasteiger partial charge in [-0.1, -0.05) is 45.7 Å². The maximum atomic E-state index is 5.70. The van der Waals surface area contributed by atoms with Crippen LogP contribution in [0.2, 0.25) is 0 Å². The number of rotatable bonds is 9. The first-order chi connectivity index (χ1) is 8.81. The molecule has 0 saturated heterocycles. The van der Waals surface area contributed by atoms with Crippen LogP contribution in [0.4, 0.5) is 0 Å². The van der Waals surface area contributed by atoms with Crippen molar-refractivity contribution in [1.29, 1.82) is 0 Å². The molecule has 0 aliphatic rings. The summed E-state index contributed by atoms with van der Waals surface area (Å²) >= 11 is 0. The van der Waals surface area contributed by atoms with Crippen LogP contribution in [0.3, 0.4) is 0 Å². The van der Waals surface area contributed by atoms with E-state index in [1.54, 1.807) is 0 Å². The quantitative estimate of drug-likeness (QED) is 0.704. The van der Waals surface area contributed by atoms with E-state index in [0.717, 1.165) is 25.3 Å². The summed E-state index contributed by atoms with van der Waals surface area (Å²) < 4.78 is 5.70. The minimum Gasteiger partial charge on any atom is -0.494 e. The Kier molecular flexibility index (Phi) is 7.51. The van der Waals surface area contributed by atoms with Gasteiger partial charge in [-0.05, 0) is 37.1 Å². The average molecular weight is 249 g/mol. The summed E-state index contributed by atoms with van der Waals surface area (Å²) in [5, 5.41) is 3.56. The molecule has 0 aromatic heterocycles. The lowest BCUT2D eigenvalue weighted by atomic mass is 10.0. The van der Waals surface area contributed by atoms with Gasteiger partial charge in [-0.2, -0.15) is 0 Å². The van der Waals surface area contributed by atoms with Crippen LogP contribution in [0.5, 0.6) is 5.75 Å². The fourth-order valence-corrected chi connectivity index (χ4v) is 2.08. The highest BCUT2D eigenvalue weighted by atomic mass is 16.5. The molecule has 2 heteroatoms. The van der Waals surface area contributed by atoms with E-state index in [1.807, 2.05) is 6.07 Å². The molecule has 0 spiro atoms. The molecule has 0 heterocycles. The molecule has 0 amide bonds. The molecule has 1 unspecified atom stereocenters. The van der Waals surface area contributed by atoms with Crippen LogP contribution in [0.15, 0.2) is 24.3 Å². The van der Waals surface area contributed by atoms with Gasteiger partial charge in [-0.25, -0.2) is 0 Å². The number of hydrogen-bond acceptors (Lipinski definition) is 2. The van der Waals surface area contributed by atoms with Crippen LogP contribution in [-0.4, -0.2) is 13.2 Å². The summed E-state index contributed by atoms with van der Waals surface area (Å²) in [5.41, 5.74) is 1.35. The molecule has 0 radical (unpaired) electrons. The second-order valence-corrected chi connectivity index (χ2v) is 4.67. The summed E-state index contributed by atoms with van der Waals surface area (Å²) in [6, 6.07) is 8.97. The van der Waals surface area contributed by atoms with Gasteiger partial charge in [0.25, 0.3) is 0 Å². The Morgan fingerprint density at radius 2 is 2.00 bits per heavy atom. The van der Waals surface area contributed by atoms with Gasteiger partial charge in [0.2, 0.25) is 0 Å². The summed E-state index contributed by atoms with van der Waals surface area (Å²) in [7, 11) is 0. The van der Waals surface area contributed by atoms with Crippen molar-refractivity contribution in [2.75, 3.05) is 13.2 Å². The highest BCUT2D eigenvalue weighted by Crippen LogP contribution is 2.23. The Balaban J connectivity index is 2.70. The van der Waals surface area contributed by atoms with Crippen molar-refractivity contribution in [2.24, 2.45) is 0 Å². The van der Waals surface area contributed by atoms with Crippen molar-refractivity contribution >= 4 is 0 Å². The smallest absolute Gasteiger partial charge is 0.119 e. The van der Waals surface area contributed by atoms with E-state index in [-0.39, 0.29) is 0 Å². The zero-order valence-corrected chi connectivity index (χ0v) is 12.0. The van der Waals surface area contributed by atoms with Crippen molar-refractivity contribution in [3.63, 3.8) is 0 Å². The number of nitrogens with one attached hydrogen (secondary N) is 1. The van der Waals surface area contributed by atoms with Gasteiger partial charge in [0.15, 0.2) is 0 Å². The van der Waals surface area contributed by atoms with Crippen LogP contribution >= 0.6 is 0 Å². The molecule has 102 valence electrons. The standard InChI is InChI=1S/C16H27NO/c1-4-7-11-16(17-6-3)14-9-8-10-15(13-14)18-12-5-2/h8-10,13,16-17H,4-7,11-12H2,1-3H3. The molecule has 0 aliphatic heterocycles. The van der Waals surface area contributed by atoms with Gasteiger partial charge in [0.05, 0.1) is 6.61 Å².